The summed E-state index contributed by atoms with van der Waals surface area (Å²) in [5.41, 5.74) is 0. The van der Waals surface area contributed by atoms with E-state index in [-0.39, 0.29) is 5.92 Å². The lowest BCUT2D eigenvalue weighted by Gasteiger charge is -1.93. The second kappa shape index (κ2) is 5.59. The van der Waals surface area contributed by atoms with E-state index in [9.17, 15) is 0 Å². The van der Waals surface area contributed by atoms with Crippen LogP contribution in [0.2, 0.25) is 0 Å². The van der Waals surface area contributed by atoms with Crippen molar-refractivity contribution in [2.75, 3.05) is 0 Å². The van der Waals surface area contributed by atoms with Crippen LogP contribution in [0, 0.1) is 28.6 Å². The molecule has 0 bridgehead atoms. The molecule has 0 heterocycles. The Labute approximate surface area is 60.7 Å². The van der Waals surface area contributed by atoms with Gasteiger partial charge in [0.25, 0.3) is 0 Å². The summed E-state index contributed by atoms with van der Waals surface area (Å²) < 4.78 is 0. The summed E-state index contributed by atoms with van der Waals surface area (Å²) in [6.45, 7) is 3.49. The highest BCUT2D eigenvalue weighted by Crippen LogP contribution is 2.02. The van der Waals surface area contributed by atoms with Gasteiger partial charge in [0.15, 0.2) is 0 Å². The summed E-state index contributed by atoms with van der Waals surface area (Å²) in [7, 11) is 0. The second-order valence-corrected chi connectivity index (χ2v) is 1.75. The molecule has 0 saturated heterocycles. The molecule has 0 fully saturated rings. The second-order valence-electron chi connectivity index (χ2n) is 1.75. The summed E-state index contributed by atoms with van der Waals surface area (Å²) in [5.74, 6) is -0.197. The normalized spacial score (nSPS) is 11.8. The molecule has 0 aliphatic heterocycles. The van der Waals surface area contributed by atoms with Gasteiger partial charge in [-0.05, 0) is 6.42 Å². The fourth-order valence-electron chi connectivity index (χ4n) is 0.513. The van der Waals surface area contributed by atoms with Crippen molar-refractivity contribution in [3.8, 4) is 12.1 Å². The fourth-order valence-corrected chi connectivity index (χ4v) is 0.513. The third kappa shape index (κ3) is 3.46. The number of nitrogens with zero attached hydrogens (tertiary/aromatic N) is 2. The predicted molar refractivity (Wildman–Crippen MR) is 38.7 cm³/mol. The maximum Gasteiger partial charge on any atom is 0.0909 e. The predicted octanol–water partition coefficient (Wildman–Crippen LogP) is 1.78. The van der Waals surface area contributed by atoms with E-state index < -0.39 is 0 Å². The van der Waals surface area contributed by atoms with Crippen molar-refractivity contribution in [2.45, 2.75) is 6.42 Å². The Morgan fingerprint density at radius 1 is 1.50 bits per heavy atom. The maximum atomic E-state index is 8.43. The monoisotopic (exact) mass is 132 g/mol. The highest BCUT2D eigenvalue weighted by molar-refractivity contribution is 5.10. The van der Waals surface area contributed by atoms with E-state index in [0.29, 0.717) is 6.42 Å². The fraction of sp³-hybridized carbons (Fsp3) is 0.250. The Kier molecular flexibility index (Phi) is 4.73. The van der Waals surface area contributed by atoms with Gasteiger partial charge in [-0.1, -0.05) is 12.2 Å². The van der Waals surface area contributed by atoms with Gasteiger partial charge in [-0.15, -0.1) is 6.58 Å². The minimum Gasteiger partial charge on any atom is -0.198 e. The molecule has 10 heavy (non-hydrogen) atoms. The van der Waals surface area contributed by atoms with E-state index in [4.69, 9.17) is 10.5 Å². The van der Waals surface area contributed by atoms with Crippen molar-refractivity contribution in [3.05, 3.63) is 24.8 Å². The molecule has 0 amide bonds. The van der Waals surface area contributed by atoms with Crippen molar-refractivity contribution in [1.29, 1.82) is 10.5 Å². The van der Waals surface area contributed by atoms with E-state index in [0.717, 1.165) is 0 Å². The third-order valence-electron chi connectivity index (χ3n) is 0.989. The molecule has 0 saturated carbocycles. The lowest BCUT2D eigenvalue weighted by atomic mass is 10.1. The van der Waals surface area contributed by atoms with E-state index in [1.54, 1.807) is 12.2 Å². The summed E-state index contributed by atoms with van der Waals surface area (Å²) in [6, 6.07) is 3.85. The number of hydrogen-bond acceptors (Lipinski definition) is 2. The van der Waals surface area contributed by atoms with Crippen LogP contribution in [0.4, 0.5) is 0 Å². The molecule has 0 N–H and O–H groups in total. The molecular formula is C8H8N2. The van der Waals surface area contributed by atoms with Crippen LogP contribution in [0.3, 0.4) is 0 Å². The summed E-state index contributed by atoms with van der Waals surface area (Å²) in [4.78, 5) is 0. The average molecular weight is 132 g/mol. The SMILES string of the molecule is C=CCC(C#N)/C=C/C#N. The minimum atomic E-state index is -0.197. The van der Waals surface area contributed by atoms with E-state index in [1.807, 2.05) is 12.1 Å². The van der Waals surface area contributed by atoms with Gasteiger partial charge in [0.1, 0.15) is 0 Å². The van der Waals surface area contributed by atoms with Crippen LogP contribution in [0.15, 0.2) is 24.8 Å². The molecule has 0 aliphatic carbocycles. The number of nitriles is 2. The van der Waals surface area contributed by atoms with E-state index in [2.05, 4.69) is 6.58 Å². The molecule has 0 aromatic heterocycles. The molecule has 0 radical (unpaired) electrons. The summed E-state index contributed by atoms with van der Waals surface area (Å²) in [5, 5.41) is 16.5. The highest BCUT2D eigenvalue weighted by Gasteiger charge is 1.96. The van der Waals surface area contributed by atoms with Crippen LogP contribution in [0.1, 0.15) is 6.42 Å². The van der Waals surface area contributed by atoms with Crippen LogP contribution < -0.4 is 0 Å². The topological polar surface area (TPSA) is 47.6 Å². The summed E-state index contributed by atoms with van der Waals surface area (Å²) >= 11 is 0. The van der Waals surface area contributed by atoms with Crippen molar-refractivity contribution in [2.24, 2.45) is 5.92 Å². The molecule has 0 rings (SSSR count). The molecule has 1 atom stereocenters. The van der Waals surface area contributed by atoms with Gasteiger partial charge in [0.2, 0.25) is 0 Å². The van der Waals surface area contributed by atoms with Gasteiger partial charge in [0, 0.05) is 6.08 Å². The zero-order chi connectivity index (χ0) is 7.82. The zero-order valence-electron chi connectivity index (χ0n) is 5.62. The Morgan fingerprint density at radius 3 is 2.60 bits per heavy atom. The van der Waals surface area contributed by atoms with E-state index >= 15 is 0 Å². The molecule has 2 nitrogen and oxygen atoms in total. The van der Waals surface area contributed by atoms with Crippen LogP contribution in [-0.4, -0.2) is 0 Å². The molecule has 0 aromatic rings. The Hall–Kier alpha value is -1.54. The van der Waals surface area contributed by atoms with Gasteiger partial charge in [0.05, 0.1) is 18.1 Å². The third-order valence-corrected chi connectivity index (χ3v) is 0.989. The quantitative estimate of drug-likeness (QED) is 0.434. The van der Waals surface area contributed by atoms with E-state index in [1.165, 1.54) is 6.08 Å². The number of rotatable bonds is 3. The molecule has 0 aromatic carbocycles. The van der Waals surface area contributed by atoms with Gasteiger partial charge in [-0.2, -0.15) is 10.5 Å². The Balaban J connectivity index is 3.88. The smallest absolute Gasteiger partial charge is 0.0909 e. The number of allylic oxidation sites excluding steroid dienone is 3. The molecule has 0 spiro atoms. The van der Waals surface area contributed by atoms with Crippen LogP contribution in [0.25, 0.3) is 0 Å². The Morgan fingerprint density at radius 2 is 2.20 bits per heavy atom. The zero-order valence-corrected chi connectivity index (χ0v) is 5.62. The first-order valence-electron chi connectivity index (χ1n) is 2.92. The first-order valence-corrected chi connectivity index (χ1v) is 2.92. The van der Waals surface area contributed by atoms with Gasteiger partial charge in [-0.25, -0.2) is 0 Å². The molecule has 0 aliphatic rings. The highest BCUT2D eigenvalue weighted by atomic mass is 14.3. The lowest BCUT2D eigenvalue weighted by Crippen LogP contribution is -1.87. The molecule has 2 heteroatoms. The van der Waals surface area contributed by atoms with Crippen molar-refractivity contribution < 1.29 is 0 Å². The molecule has 1 unspecified atom stereocenters. The van der Waals surface area contributed by atoms with Crippen molar-refractivity contribution >= 4 is 0 Å². The van der Waals surface area contributed by atoms with Crippen LogP contribution in [0.5, 0.6) is 0 Å². The van der Waals surface area contributed by atoms with Gasteiger partial charge in [-0.3, -0.25) is 0 Å². The number of hydrogen-bond donors (Lipinski definition) is 0. The first kappa shape index (κ1) is 8.46. The lowest BCUT2D eigenvalue weighted by molar-refractivity contribution is 0.849. The van der Waals surface area contributed by atoms with Crippen molar-refractivity contribution in [1.82, 2.24) is 0 Å². The van der Waals surface area contributed by atoms with Gasteiger partial charge >= 0.3 is 0 Å². The largest absolute Gasteiger partial charge is 0.198 e. The standard InChI is InChI=1S/C8H8N2/c1-2-4-8(7-10)5-3-6-9/h2-3,5,8H,1,4H2/b5-3+. The first-order chi connectivity index (χ1) is 4.85. The minimum absolute atomic E-state index is 0.197. The van der Waals surface area contributed by atoms with Crippen molar-refractivity contribution in [3.63, 3.8) is 0 Å². The average Bonchev–Trinajstić information content (AvgIpc) is 1.98. The summed E-state index contributed by atoms with van der Waals surface area (Å²) in [6.07, 6.45) is 5.16. The van der Waals surface area contributed by atoms with Crippen LogP contribution in [-0.2, 0) is 0 Å². The molecular weight excluding hydrogens is 124 g/mol. The maximum absolute atomic E-state index is 8.43. The van der Waals surface area contributed by atoms with Gasteiger partial charge < -0.3 is 0 Å². The van der Waals surface area contributed by atoms with Crippen LogP contribution >= 0.6 is 0 Å². The molecule has 50 valence electrons. The Bertz CT molecular complexity index is 202.